The Hall–Kier alpha value is -0.410. The number of ether oxygens (including phenoxy) is 2. The molecular weight excluding hydrogens is 239 g/mol. The van der Waals surface area contributed by atoms with Gasteiger partial charge >= 0.3 is 6.16 Å². The lowest BCUT2D eigenvalue weighted by molar-refractivity contribution is 0.0440. The van der Waals surface area contributed by atoms with Gasteiger partial charge < -0.3 is 9.47 Å². The predicted molar refractivity (Wildman–Crippen MR) is 59.0 cm³/mol. The molecule has 0 bridgehead atoms. The molecular formula is C10H14Cl2O3. The molecule has 2 atom stereocenters. The summed E-state index contributed by atoms with van der Waals surface area (Å²) in [7, 11) is 0. The van der Waals surface area contributed by atoms with Crippen molar-refractivity contribution in [3.63, 3.8) is 0 Å². The molecule has 1 fully saturated rings. The zero-order valence-corrected chi connectivity index (χ0v) is 10.4. The van der Waals surface area contributed by atoms with Crippen LogP contribution in [0.4, 0.5) is 4.79 Å². The van der Waals surface area contributed by atoms with Gasteiger partial charge in [-0.2, -0.15) is 0 Å². The van der Waals surface area contributed by atoms with Gasteiger partial charge in [-0.3, -0.25) is 0 Å². The van der Waals surface area contributed by atoms with E-state index in [1.54, 1.807) is 13.0 Å². The van der Waals surface area contributed by atoms with Crippen molar-refractivity contribution in [3.05, 3.63) is 10.6 Å². The van der Waals surface area contributed by atoms with Gasteiger partial charge in [0.15, 0.2) is 0 Å². The molecule has 0 amide bonds. The molecule has 3 nitrogen and oxygen atoms in total. The molecule has 0 N–H and O–H groups in total. The van der Waals surface area contributed by atoms with Crippen molar-refractivity contribution in [1.29, 1.82) is 0 Å². The van der Waals surface area contributed by atoms with Crippen molar-refractivity contribution in [2.45, 2.75) is 26.9 Å². The van der Waals surface area contributed by atoms with Crippen LogP contribution in [-0.2, 0) is 9.47 Å². The van der Waals surface area contributed by atoms with Crippen molar-refractivity contribution in [1.82, 2.24) is 0 Å². The maximum Gasteiger partial charge on any atom is 0.508 e. The van der Waals surface area contributed by atoms with E-state index in [-0.39, 0.29) is 21.9 Å². The van der Waals surface area contributed by atoms with E-state index in [1.807, 2.05) is 13.8 Å². The highest BCUT2D eigenvalue weighted by atomic mass is 35.5. The molecule has 0 radical (unpaired) electrons. The second-order valence-corrected chi connectivity index (χ2v) is 5.03. The predicted octanol–water partition coefficient (Wildman–Crippen LogP) is 3.50. The first-order valence-corrected chi connectivity index (χ1v) is 5.51. The van der Waals surface area contributed by atoms with Gasteiger partial charge in [-0.15, -0.1) is 0 Å². The largest absolute Gasteiger partial charge is 0.508 e. The van der Waals surface area contributed by atoms with Crippen molar-refractivity contribution >= 4 is 29.4 Å². The monoisotopic (exact) mass is 252 g/mol. The van der Waals surface area contributed by atoms with Crippen LogP contribution in [0.1, 0.15) is 20.8 Å². The Balaban J connectivity index is 2.52. The summed E-state index contributed by atoms with van der Waals surface area (Å²) in [5.74, 6) is 0.0620. The smallest absolute Gasteiger partial charge is 0.435 e. The summed E-state index contributed by atoms with van der Waals surface area (Å²) in [6.07, 6.45) is 0.841. The van der Waals surface area contributed by atoms with Crippen LogP contribution in [-0.4, -0.2) is 18.9 Å². The van der Waals surface area contributed by atoms with E-state index >= 15 is 0 Å². The minimum Gasteiger partial charge on any atom is -0.435 e. The minimum atomic E-state index is -0.642. The third-order valence-electron chi connectivity index (χ3n) is 2.60. The molecule has 1 aliphatic rings. The first-order chi connectivity index (χ1) is 6.89. The minimum absolute atomic E-state index is 0.0620. The van der Waals surface area contributed by atoms with Crippen LogP contribution >= 0.6 is 23.2 Å². The van der Waals surface area contributed by atoms with Gasteiger partial charge in [-0.1, -0.05) is 37.0 Å². The number of rotatable bonds is 3. The Labute approximate surface area is 99.3 Å². The van der Waals surface area contributed by atoms with Crippen molar-refractivity contribution in [2.24, 2.45) is 11.3 Å². The fraction of sp³-hybridized carbons (Fsp3) is 0.700. The van der Waals surface area contributed by atoms with E-state index in [0.717, 1.165) is 0 Å². The molecule has 86 valence electrons. The van der Waals surface area contributed by atoms with Gasteiger partial charge in [-0.05, 0) is 13.0 Å². The number of carbonyl (C=O) groups excluding carboxylic acids is 1. The highest BCUT2D eigenvalue weighted by molar-refractivity contribution is 6.55. The highest BCUT2D eigenvalue weighted by Crippen LogP contribution is 2.55. The lowest BCUT2D eigenvalue weighted by Gasteiger charge is -2.04. The summed E-state index contributed by atoms with van der Waals surface area (Å²) in [5, 5.41) is 0. The summed E-state index contributed by atoms with van der Waals surface area (Å²) in [6.45, 7) is 6.00. The average Bonchev–Trinajstić information content (AvgIpc) is 2.55. The second kappa shape index (κ2) is 4.62. The molecule has 5 heteroatoms. The van der Waals surface area contributed by atoms with Gasteiger partial charge in [0.1, 0.15) is 10.6 Å². The van der Waals surface area contributed by atoms with Crippen LogP contribution in [0.25, 0.3) is 0 Å². The van der Waals surface area contributed by atoms with E-state index in [9.17, 15) is 4.79 Å². The molecule has 0 spiro atoms. The number of hydrogen-bond acceptors (Lipinski definition) is 3. The van der Waals surface area contributed by atoms with Crippen LogP contribution in [0.2, 0.25) is 0 Å². The first kappa shape index (κ1) is 12.7. The van der Waals surface area contributed by atoms with Gasteiger partial charge in [0.05, 0.1) is 6.61 Å². The van der Waals surface area contributed by atoms with Crippen LogP contribution in [0.3, 0.4) is 0 Å². The lowest BCUT2D eigenvalue weighted by Crippen LogP contribution is -2.11. The molecule has 1 aliphatic carbocycles. The van der Waals surface area contributed by atoms with Crippen LogP contribution in [0.5, 0.6) is 0 Å². The lowest BCUT2D eigenvalue weighted by atomic mass is 10.1. The zero-order valence-electron chi connectivity index (χ0n) is 8.92. The van der Waals surface area contributed by atoms with Crippen molar-refractivity contribution in [3.8, 4) is 0 Å². The fourth-order valence-corrected chi connectivity index (χ4v) is 1.82. The van der Waals surface area contributed by atoms with Crippen LogP contribution in [0, 0.1) is 11.3 Å². The first-order valence-electron chi connectivity index (χ1n) is 4.75. The third-order valence-corrected chi connectivity index (χ3v) is 2.85. The third kappa shape index (κ3) is 3.02. The topological polar surface area (TPSA) is 35.5 Å². The van der Waals surface area contributed by atoms with E-state index < -0.39 is 6.16 Å². The summed E-state index contributed by atoms with van der Waals surface area (Å²) in [6, 6.07) is 0. The summed E-state index contributed by atoms with van der Waals surface area (Å²) in [4.78, 5) is 11.1. The zero-order chi connectivity index (χ0) is 11.6. The molecule has 0 aromatic rings. The Morgan fingerprint density at radius 1 is 1.47 bits per heavy atom. The number of carbonyl (C=O) groups is 1. The molecule has 0 heterocycles. The molecule has 0 aromatic carbocycles. The standard InChI is InChI=1S/C10H14Cl2O3/c1-4-14-9(13)15-8-6(5-7(11)12)10(8,2)3/h5-6,8H,4H2,1-3H3. The fourth-order valence-electron chi connectivity index (χ4n) is 1.55. The quantitative estimate of drug-likeness (QED) is 0.722. The molecule has 15 heavy (non-hydrogen) atoms. The molecule has 0 saturated heterocycles. The van der Waals surface area contributed by atoms with Crippen LogP contribution < -0.4 is 0 Å². The second-order valence-electron chi connectivity index (χ2n) is 4.02. The number of hydrogen-bond donors (Lipinski definition) is 0. The van der Waals surface area contributed by atoms with E-state index in [0.29, 0.717) is 6.61 Å². The Morgan fingerprint density at radius 2 is 2.07 bits per heavy atom. The summed E-state index contributed by atoms with van der Waals surface area (Å²) in [5.41, 5.74) is -0.123. The average molecular weight is 253 g/mol. The SMILES string of the molecule is CCOC(=O)OC1C(C=C(Cl)Cl)C1(C)C. The summed E-state index contributed by atoms with van der Waals surface area (Å²) < 4.78 is 10.00. The molecule has 0 aromatic heterocycles. The van der Waals surface area contributed by atoms with Gasteiger partial charge in [0.25, 0.3) is 0 Å². The van der Waals surface area contributed by atoms with Gasteiger partial charge in [0.2, 0.25) is 0 Å². The van der Waals surface area contributed by atoms with E-state index in [1.165, 1.54) is 0 Å². The maximum absolute atomic E-state index is 11.1. The summed E-state index contributed by atoms with van der Waals surface area (Å²) >= 11 is 11.1. The van der Waals surface area contributed by atoms with Gasteiger partial charge in [-0.25, -0.2) is 4.79 Å². The normalized spacial score (nSPS) is 26.7. The Kier molecular flexibility index (Phi) is 3.90. The van der Waals surface area contributed by atoms with E-state index in [2.05, 4.69) is 0 Å². The van der Waals surface area contributed by atoms with Crippen LogP contribution in [0.15, 0.2) is 10.6 Å². The van der Waals surface area contributed by atoms with Gasteiger partial charge in [0, 0.05) is 11.3 Å². The van der Waals surface area contributed by atoms with E-state index in [4.69, 9.17) is 32.7 Å². The maximum atomic E-state index is 11.1. The van der Waals surface area contributed by atoms with Crippen molar-refractivity contribution in [2.75, 3.05) is 6.61 Å². The van der Waals surface area contributed by atoms with Crippen molar-refractivity contribution < 1.29 is 14.3 Å². The Bertz CT molecular complexity index is 282. The molecule has 1 rings (SSSR count). The molecule has 1 saturated carbocycles. The molecule has 0 aliphatic heterocycles. The Morgan fingerprint density at radius 3 is 2.53 bits per heavy atom. The molecule has 2 unspecified atom stereocenters. The number of halogens is 2. The highest BCUT2D eigenvalue weighted by Gasteiger charge is 2.60.